The maximum Gasteiger partial charge on any atom is 0.435 e. The highest BCUT2D eigenvalue weighted by atomic mass is 32.2. The average molecular weight is 655 g/mol. The van der Waals surface area contributed by atoms with E-state index in [0.29, 0.717) is 6.07 Å². The number of aliphatic carboxylic acids is 1. The van der Waals surface area contributed by atoms with Gasteiger partial charge < -0.3 is 15.3 Å². The van der Waals surface area contributed by atoms with Crippen molar-refractivity contribution in [3.05, 3.63) is 59.7 Å². The van der Waals surface area contributed by atoms with Crippen molar-refractivity contribution in [1.82, 2.24) is 4.90 Å². The van der Waals surface area contributed by atoms with Gasteiger partial charge in [0.15, 0.2) is 9.84 Å². The zero-order chi connectivity index (χ0) is 32.5. The van der Waals surface area contributed by atoms with Crippen LogP contribution in [-0.4, -0.2) is 67.5 Å². The summed E-state index contributed by atoms with van der Waals surface area (Å²) in [5.74, 6) is -3.08. The smallest absolute Gasteiger partial charge is 0.435 e. The quantitative estimate of drug-likeness (QED) is 0.404. The summed E-state index contributed by atoms with van der Waals surface area (Å²) < 4.78 is 137. The molecule has 2 fully saturated rings. The molecule has 2 N–H and O–H groups in total. The summed E-state index contributed by atoms with van der Waals surface area (Å²) in [6.45, 7) is -0.618. The number of fused-ring (bicyclic) bond motifs is 3. The van der Waals surface area contributed by atoms with E-state index in [9.17, 15) is 58.2 Å². The fraction of sp³-hybridized carbons (Fsp3) is 0.500. The van der Waals surface area contributed by atoms with Gasteiger partial charge in [0.2, 0.25) is 11.6 Å². The normalized spacial score (nSPS) is 27.7. The third kappa shape index (κ3) is 4.53. The maximum absolute atomic E-state index is 14.9. The molecule has 7 nitrogen and oxygen atoms in total. The van der Waals surface area contributed by atoms with Crippen molar-refractivity contribution in [3.8, 4) is 0 Å². The van der Waals surface area contributed by atoms with E-state index in [-0.39, 0.29) is 42.3 Å². The van der Waals surface area contributed by atoms with Crippen molar-refractivity contribution in [2.45, 2.75) is 71.5 Å². The Morgan fingerprint density at radius 2 is 1.50 bits per heavy atom. The van der Waals surface area contributed by atoms with Crippen LogP contribution in [0.5, 0.6) is 0 Å². The maximum atomic E-state index is 14.9. The molecule has 2 heterocycles. The number of benzene rings is 2. The van der Waals surface area contributed by atoms with Gasteiger partial charge in [-0.1, -0.05) is 30.3 Å². The van der Waals surface area contributed by atoms with Crippen LogP contribution in [0.2, 0.25) is 0 Å². The fourth-order valence-corrected chi connectivity index (χ4v) is 9.05. The highest BCUT2D eigenvalue weighted by Gasteiger charge is 2.74. The Hall–Kier alpha value is -3.43. The lowest BCUT2D eigenvalue weighted by molar-refractivity contribution is -0.348. The molecule has 0 aromatic heterocycles. The van der Waals surface area contributed by atoms with Crippen molar-refractivity contribution in [2.75, 3.05) is 18.4 Å². The van der Waals surface area contributed by atoms with Gasteiger partial charge in [-0.25, -0.2) is 22.0 Å². The number of carboxylic acid groups (broad SMARTS) is 1. The Morgan fingerprint density at radius 3 is 2.05 bits per heavy atom. The summed E-state index contributed by atoms with van der Waals surface area (Å²) in [6.07, 6.45) is -14.2. The van der Waals surface area contributed by atoms with Crippen LogP contribution >= 0.6 is 0 Å². The Balaban J connectivity index is 1.61. The number of nitrogens with one attached hydrogen (secondary N) is 1. The second-order valence-electron chi connectivity index (χ2n) is 11.3. The number of carboxylic acids is 1. The monoisotopic (exact) mass is 654 g/mol. The summed E-state index contributed by atoms with van der Waals surface area (Å²) >= 11 is 0. The molecule has 1 amide bonds. The molecule has 0 radical (unpaired) electrons. The van der Waals surface area contributed by atoms with Crippen molar-refractivity contribution in [3.63, 3.8) is 0 Å². The third-order valence-corrected chi connectivity index (χ3v) is 11.7. The lowest BCUT2D eigenvalue weighted by Gasteiger charge is -2.44. The Kier molecular flexibility index (Phi) is 7.49. The number of nitrogens with zero attached hydrogens (tertiary/aromatic N) is 1. The van der Waals surface area contributed by atoms with Crippen molar-refractivity contribution >= 4 is 27.4 Å². The van der Waals surface area contributed by atoms with Crippen molar-refractivity contribution < 1.29 is 58.2 Å². The minimum atomic E-state index is -6.39. The second-order valence-corrected chi connectivity index (χ2v) is 13.6. The predicted octanol–water partition coefficient (Wildman–Crippen LogP) is 5.65. The van der Waals surface area contributed by atoms with Gasteiger partial charge in [0.05, 0.1) is 10.9 Å². The topological polar surface area (TPSA) is 104 Å². The van der Waals surface area contributed by atoms with Gasteiger partial charge in [0.25, 0.3) is 0 Å². The molecule has 2 aromatic rings. The summed E-state index contributed by atoms with van der Waals surface area (Å²) in [6, 6.07) is 6.94. The van der Waals surface area contributed by atoms with E-state index in [2.05, 4.69) is 5.32 Å². The minimum absolute atomic E-state index is 0.135. The number of amides is 1. The van der Waals surface area contributed by atoms with E-state index in [1.54, 1.807) is 0 Å². The zero-order valence-corrected chi connectivity index (χ0v) is 23.5. The second kappa shape index (κ2) is 10.3. The molecule has 1 saturated heterocycles. The molecule has 2 aromatic carbocycles. The lowest BCUT2D eigenvalue weighted by atomic mass is 9.79. The first-order valence-electron chi connectivity index (χ1n) is 13.5. The number of hydrogen-bond acceptors (Lipinski definition) is 5. The van der Waals surface area contributed by atoms with Crippen LogP contribution in [0.1, 0.15) is 43.2 Å². The molecule has 2 atom stereocenters. The molecule has 2 aliphatic heterocycles. The number of halogens is 8. The molecule has 44 heavy (non-hydrogen) atoms. The summed E-state index contributed by atoms with van der Waals surface area (Å²) in [5, 5.41) is 11.8. The molecule has 2 unspecified atom stereocenters. The summed E-state index contributed by atoms with van der Waals surface area (Å²) in [5.41, 5.74) is -10.8. The van der Waals surface area contributed by atoms with Gasteiger partial charge in [-0.15, -0.1) is 0 Å². The largest absolute Gasteiger partial charge is 0.479 e. The number of carbonyl (C=O) groups excluding carboxylic acids is 1. The summed E-state index contributed by atoms with van der Waals surface area (Å²) in [4.78, 5) is 26.0. The number of hydrogen-bond donors (Lipinski definition) is 2. The highest BCUT2D eigenvalue weighted by molar-refractivity contribution is 7.92. The number of sulfone groups is 1. The van der Waals surface area contributed by atoms with E-state index >= 15 is 0 Å². The van der Waals surface area contributed by atoms with Crippen molar-refractivity contribution in [2.24, 2.45) is 5.92 Å². The van der Waals surface area contributed by atoms with E-state index in [1.165, 1.54) is 35.2 Å². The van der Waals surface area contributed by atoms with Crippen LogP contribution in [0, 0.1) is 5.92 Å². The van der Waals surface area contributed by atoms with Gasteiger partial charge >= 0.3 is 24.0 Å². The first-order chi connectivity index (χ1) is 20.3. The van der Waals surface area contributed by atoms with Crippen LogP contribution < -0.4 is 5.32 Å². The third-order valence-electron chi connectivity index (χ3n) is 9.11. The SMILES string of the molecule is O=C([C@H]1CC[C@](F)(C(=O)O)CC1)N1CCC2(S(=O)(=O)c3ccccc3)c3ccc(C(F)(C(F)(F)F)C(F)(F)F)cc3NCC12. The van der Waals surface area contributed by atoms with E-state index < -0.39 is 92.7 Å². The molecule has 16 heteroatoms. The average Bonchev–Trinajstić information content (AvgIpc) is 3.37. The number of anilines is 1. The molecular weight excluding hydrogens is 628 g/mol. The lowest BCUT2D eigenvalue weighted by Crippen LogP contribution is -2.56. The van der Waals surface area contributed by atoms with Crippen LogP contribution in [0.25, 0.3) is 0 Å². The van der Waals surface area contributed by atoms with E-state index in [1.807, 2.05) is 0 Å². The van der Waals surface area contributed by atoms with E-state index in [0.717, 1.165) is 6.07 Å². The fourth-order valence-electron chi connectivity index (χ4n) is 6.72. The molecule has 3 aliphatic rings. The number of alkyl halides is 8. The number of rotatable bonds is 5. The first kappa shape index (κ1) is 32.0. The van der Waals surface area contributed by atoms with E-state index in [4.69, 9.17) is 0 Å². The van der Waals surface area contributed by atoms with Gasteiger partial charge in [-0.2, -0.15) is 26.3 Å². The Morgan fingerprint density at radius 1 is 0.909 bits per heavy atom. The summed E-state index contributed by atoms with van der Waals surface area (Å²) in [7, 11) is -4.52. The molecular formula is C28H26F8N2O5S. The zero-order valence-electron chi connectivity index (χ0n) is 22.7. The standard InChI is InChI=1S/C28H26F8N2O5S/c29-24(23(40)41)10-8-16(9-11-24)22(39)38-13-12-25(44(42,43)18-4-2-1-3-5-18)19-7-6-17(14-20(19)37-15-21(25)38)26(30,27(31,32)33)28(34,35)36/h1-7,14,16,21,37H,8-13,15H2,(H,40,41)/t16-,21?,24+,25?. The van der Waals surface area contributed by atoms with Crippen LogP contribution in [0.3, 0.4) is 0 Å². The van der Waals surface area contributed by atoms with Gasteiger partial charge in [-0.05, 0) is 55.9 Å². The van der Waals surface area contributed by atoms with Crippen LogP contribution in [-0.2, 0) is 29.8 Å². The molecule has 240 valence electrons. The predicted molar refractivity (Wildman–Crippen MR) is 139 cm³/mol. The van der Waals surface area contributed by atoms with Gasteiger partial charge in [-0.3, -0.25) is 4.79 Å². The van der Waals surface area contributed by atoms with Gasteiger partial charge in [0, 0.05) is 30.3 Å². The minimum Gasteiger partial charge on any atom is -0.479 e. The van der Waals surface area contributed by atoms with Crippen LogP contribution in [0.15, 0.2) is 53.4 Å². The number of carbonyl (C=O) groups is 2. The molecule has 1 aliphatic carbocycles. The Labute approximate surface area is 246 Å². The molecule has 5 rings (SSSR count). The van der Waals surface area contributed by atoms with Gasteiger partial charge in [0.1, 0.15) is 4.75 Å². The first-order valence-corrected chi connectivity index (χ1v) is 15.0. The number of likely N-dealkylation sites (tertiary alicyclic amines) is 1. The Bertz CT molecular complexity index is 1560. The molecule has 0 bridgehead atoms. The highest BCUT2D eigenvalue weighted by Crippen LogP contribution is 2.57. The van der Waals surface area contributed by atoms with Crippen LogP contribution in [0.4, 0.5) is 40.8 Å². The molecule has 1 saturated carbocycles. The van der Waals surface area contributed by atoms with Crippen molar-refractivity contribution in [1.29, 1.82) is 0 Å². The molecule has 0 spiro atoms.